The molecule has 1 aromatic heterocycles. The van der Waals surface area contributed by atoms with Gasteiger partial charge in [0.2, 0.25) is 5.91 Å². The summed E-state index contributed by atoms with van der Waals surface area (Å²) in [5.41, 5.74) is 1.18. The Hall–Kier alpha value is -4.01. The van der Waals surface area contributed by atoms with Crippen LogP contribution in [0.3, 0.4) is 0 Å². The third-order valence-electron chi connectivity index (χ3n) is 3.99. The van der Waals surface area contributed by atoms with Gasteiger partial charge in [-0.1, -0.05) is 0 Å². The number of ether oxygens (including phenoxy) is 1. The van der Waals surface area contributed by atoms with E-state index in [1.54, 1.807) is 24.3 Å². The van der Waals surface area contributed by atoms with Gasteiger partial charge in [0.25, 0.3) is 5.91 Å². The Bertz CT molecular complexity index is 1050. The van der Waals surface area contributed by atoms with Crippen LogP contribution in [-0.4, -0.2) is 35.5 Å². The van der Waals surface area contributed by atoms with E-state index in [9.17, 15) is 23.2 Å². The van der Waals surface area contributed by atoms with Crippen molar-refractivity contribution in [2.24, 2.45) is 0 Å². The first-order valence-electron chi connectivity index (χ1n) is 8.84. The van der Waals surface area contributed by atoms with E-state index < -0.39 is 42.6 Å². The van der Waals surface area contributed by atoms with Crippen LogP contribution in [-0.2, 0) is 14.3 Å². The molecule has 7 nitrogen and oxygen atoms in total. The molecule has 30 heavy (non-hydrogen) atoms. The molecule has 1 heterocycles. The van der Waals surface area contributed by atoms with E-state index in [4.69, 9.17) is 4.74 Å². The highest BCUT2D eigenvalue weighted by Gasteiger charge is 2.12. The topological polar surface area (TPSA) is 89.4 Å². The Morgan fingerprint density at radius 2 is 1.60 bits per heavy atom. The molecule has 0 bridgehead atoms. The number of carbonyl (C=O) groups is 3. The number of rotatable bonds is 7. The molecular weight excluding hydrogens is 396 g/mol. The molecular formula is C21H17F2N3O4. The lowest BCUT2D eigenvalue weighted by atomic mass is 10.2. The van der Waals surface area contributed by atoms with Gasteiger partial charge in [0.1, 0.15) is 0 Å². The number of hydrogen-bond acceptors (Lipinski definition) is 4. The highest BCUT2D eigenvalue weighted by Crippen LogP contribution is 2.13. The van der Waals surface area contributed by atoms with Crippen LogP contribution >= 0.6 is 0 Å². The number of aromatic nitrogens is 1. The van der Waals surface area contributed by atoms with Crippen LogP contribution in [0.15, 0.2) is 67.0 Å². The summed E-state index contributed by atoms with van der Waals surface area (Å²) in [6, 6.07) is 13.2. The van der Waals surface area contributed by atoms with Crippen molar-refractivity contribution in [2.75, 3.05) is 18.5 Å². The second-order valence-corrected chi connectivity index (χ2v) is 6.17. The van der Waals surface area contributed by atoms with E-state index in [0.717, 1.165) is 17.8 Å². The van der Waals surface area contributed by atoms with Crippen LogP contribution in [0.25, 0.3) is 5.69 Å². The molecule has 0 atom stereocenters. The Morgan fingerprint density at radius 1 is 0.900 bits per heavy atom. The maximum Gasteiger partial charge on any atom is 0.338 e. The van der Waals surface area contributed by atoms with Gasteiger partial charge in [-0.25, -0.2) is 13.6 Å². The van der Waals surface area contributed by atoms with Crippen LogP contribution in [0.2, 0.25) is 0 Å². The highest BCUT2D eigenvalue weighted by molar-refractivity contribution is 5.95. The minimum Gasteiger partial charge on any atom is -0.452 e. The monoisotopic (exact) mass is 413 g/mol. The molecule has 0 unspecified atom stereocenters. The second-order valence-electron chi connectivity index (χ2n) is 6.17. The van der Waals surface area contributed by atoms with Crippen molar-refractivity contribution >= 4 is 23.5 Å². The number of amides is 2. The van der Waals surface area contributed by atoms with Crippen molar-refractivity contribution < 1.29 is 27.9 Å². The zero-order chi connectivity index (χ0) is 21.5. The van der Waals surface area contributed by atoms with Crippen LogP contribution in [0.1, 0.15) is 10.4 Å². The summed E-state index contributed by atoms with van der Waals surface area (Å²) in [5.74, 6) is -4.17. The lowest BCUT2D eigenvalue weighted by Crippen LogP contribution is -2.35. The van der Waals surface area contributed by atoms with Crippen molar-refractivity contribution in [3.8, 4) is 5.69 Å². The minimum absolute atomic E-state index is 0.0444. The van der Waals surface area contributed by atoms with Gasteiger partial charge in [0.15, 0.2) is 18.2 Å². The molecule has 0 radical (unpaired) electrons. The molecule has 0 fully saturated rings. The van der Waals surface area contributed by atoms with Crippen LogP contribution < -0.4 is 10.6 Å². The second kappa shape index (κ2) is 9.46. The van der Waals surface area contributed by atoms with Crippen LogP contribution in [0.5, 0.6) is 0 Å². The van der Waals surface area contributed by atoms with E-state index in [1.165, 1.54) is 6.07 Å². The quantitative estimate of drug-likeness (QED) is 0.583. The first kappa shape index (κ1) is 20.7. The van der Waals surface area contributed by atoms with Gasteiger partial charge in [-0.05, 0) is 48.5 Å². The summed E-state index contributed by atoms with van der Waals surface area (Å²) in [6.07, 6.45) is 3.72. The summed E-state index contributed by atoms with van der Waals surface area (Å²) < 4.78 is 32.8. The molecule has 0 aliphatic rings. The van der Waals surface area contributed by atoms with Gasteiger partial charge in [0.05, 0.1) is 12.1 Å². The fourth-order valence-electron chi connectivity index (χ4n) is 2.50. The third kappa shape index (κ3) is 5.51. The number of nitrogens with one attached hydrogen (secondary N) is 2. The van der Waals surface area contributed by atoms with Gasteiger partial charge >= 0.3 is 5.97 Å². The van der Waals surface area contributed by atoms with Crippen molar-refractivity contribution in [1.29, 1.82) is 0 Å². The summed E-state index contributed by atoms with van der Waals surface area (Å²) >= 11 is 0. The summed E-state index contributed by atoms with van der Waals surface area (Å²) in [4.78, 5) is 35.5. The average Bonchev–Trinajstić information content (AvgIpc) is 3.28. The van der Waals surface area contributed by atoms with E-state index in [0.29, 0.717) is 0 Å². The normalized spacial score (nSPS) is 10.3. The Balaban J connectivity index is 1.42. The zero-order valence-corrected chi connectivity index (χ0v) is 15.6. The van der Waals surface area contributed by atoms with Gasteiger partial charge in [-0.15, -0.1) is 0 Å². The predicted molar refractivity (Wildman–Crippen MR) is 104 cm³/mol. The molecule has 2 N–H and O–H groups in total. The minimum atomic E-state index is -1.11. The van der Waals surface area contributed by atoms with Crippen molar-refractivity contribution in [1.82, 2.24) is 9.88 Å². The third-order valence-corrected chi connectivity index (χ3v) is 3.99. The summed E-state index contributed by atoms with van der Waals surface area (Å²) in [7, 11) is 0. The number of hydrogen-bond donors (Lipinski definition) is 2. The first-order chi connectivity index (χ1) is 14.4. The lowest BCUT2D eigenvalue weighted by Gasteiger charge is -2.08. The summed E-state index contributed by atoms with van der Waals surface area (Å²) in [6.45, 7) is -1.00. The maximum atomic E-state index is 13.1. The number of esters is 1. The SMILES string of the molecule is O=C(COC(=O)c1ccc(-n2cccc2)cc1)NCC(=O)Nc1ccc(F)c(F)c1. The Morgan fingerprint density at radius 3 is 2.27 bits per heavy atom. The molecule has 154 valence electrons. The van der Waals surface area contributed by atoms with E-state index in [1.807, 2.05) is 29.1 Å². The largest absolute Gasteiger partial charge is 0.452 e. The van der Waals surface area contributed by atoms with Crippen LogP contribution in [0.4, 0.5) is 14.5 Å². The smallest absolute Gasteiger partial charge is 0.338 e. The standard InChI is InChI=1S/C21H17F2N3O4/c22-17-8-5-15(11-18(17)23)25-19(27)12-24-20(28)13-30-21(29)14-3-6-16(7-4-14)26-9-1-2-10-26/h1-11H,12-13H2,(H,24,28)(H,25,27). The molecule has 3 aromatic rings. The molecule has 0 saturated heterocycles. The lowest BCUT2D eigenvalue weighted by molar-refractivity contribution is -0.126. The molecule has 2 aromatic carbocycles. The highest BCUT2D eigenvalue weighted by atomic mass is 19.2. The molecule has 3 rings (SSSR count). The zero-order valence-electron chi connectivity index (χ0n) is 15.6. The molecule has 0 spiro atoms. The number of nitrogens with zero attached hydrogens (tertiary/aromatic N) is 1. The van der Waals surface area contributed by atoms with Crippen molar-refractivity contribution in [3.63, 3.8) is 0 Å². The average molecular weight is 413 g/mol. The van der Waals surface area contributed by atoms with Gasteiger partial charge in [-0.3, -0.25) is 9.59 Å². The molecule has 9 heteroatoms. The molecule has 0 aliphatic carbocycles. The molecule has 2 amide bonds. The molecule has 0 saturated carbocycles. The summed E-state index contributed by atoms with van der Waals surface area (Å²) in [5, 5.41) is 4.57. The van der Waals surface area contributed by atoms with Gasteiger partial charge in [-0.2, -0.15) is 0 Å². The maximum absolute atomic E-state index is 13.1. The van der Waals surface area contributed by atoms with E-state index in [-0.39, 0.29) is 11.3 Å². The first-order valence-corrected chi connectivity index (χ1v) is 8.84. The van der Waals surface area contributed by atoms with Crippen molar-refractivity contribution in [3.05, 3.63) is 84.2 Å². The van der Waals surface area contributed by atoms with Crippen molar-refractivity contribution in [2.45, 2.75) is 0 Å². The van der Waals surface area contributed by atoms with Gasteiger partial charge in [0, 0.05) is 29.8 Å². The number of halogens is 2. The fraction of sp³-hybridized carbons (Fsp3) is 0.0952. The number of anilines is 1. The Labute approximate surface area is 170 Å². The molecule has 0 aliphatic heterocycles. The van der Waals surface area contributed by atoms with Gasteiger partial charge < -0.3 is 19.9 Å². The Kier molecular flexibility index (Phi) is 6.53. The predicted octanol–water partition coefficient (Wildman–Crippen LogP) is 2.67. The van der Waals surface area contributed by atoms with E-state index >= 15 is 0 Å². The fourth-order valence-corrected chi connectivity index (χ4v) is 2.50. The van der Waals surface area contributed by atoms with E-state index in [2.05, 4.69) is 10.6 Å². The van der Waals surface area contributed by atoms with Crippen LogP contribution in [0, 0.1) is 11.6 Å². The number of carbonyl (C=O) groups excluding carboxylic acids is 3. The number of benzene rings is 2.